The fourth-order valence-electron chi connectivity index (χ4n) is 9.62. The summed E-state index contributed by atoms with van der Waals surface area (Å²) in [4.78, 5) is 17.5. The van der Waals surface area contributed by atoms with Gasteiger partial charge in [0.2, 0.25) is 11.4 Å². The molecule has 0 saturated heterocycles. The van der Waals surface area contributed by atoms with Crippen LogP contribution < -0.4 is 0 Å². The second kappa shape index (κ2) is 21.2. The zero-order valence-electron chi connectivity index (χ0n) is 40.8. The molecule has 0 bridgehead atoms. The monoisotopic (exact) mass is 996 g/mol. The average Bonchev–Trinajstić information content (AvgIpc) is 4.32. The third kappa shape index (κ3) is 9.66. The first-order valence-electron chi connectivity index (χ1n) is 25.0. The minimum absolute atomic E-state index is 0. The first-order chi connectivity index (χ1) is 37.7. The number of benzene rings is 8. The molecule has 8 aromatic heterocycles. The highest BCUT2D eigenvalue weighted by Gasteiger charge is 2.12. The lowest BCUT2D eigenvalue weighted by atomic mass is 10.0. The molecular formula is C69H48N4O4. The Labute approximate surface area is 443 Å². The lowest BCUT2D eigenvalue weighted by Crippen LogP contribution is -1.82. The van der Waals surface area contributed by atoms with Crippen LogP contribution in [0.5, 0.6) is 0 Å². The van der Waals surface area contributed by atoms with E-state index in [2.05, 4.69) is 123 Å². The van der Waals surface area contributed by atoms with Crippen LogP contribution in [-0.2, 0) is 0 Å². The van der Waals surface area contributed by atoms with E-state index in [1.165, 1.54) is 16.7 Å². The minimum Gasteiger partial charge on any atom is -0.454 e. The number of furan rings is 4. The van der Waals surface area contributed by atoms with Gasteiger partial charge in [0, 0.05) is 67.4 Å². The maximum atomic E-state index is 5.85. The molecule has 16 aromatic rings. The van der Waals surface area contributed by atoms with Gasteiger partial charge >= 0.3 is 0 Å². The summed E-state index contributed by atoms with van der Waals surface area (Å²) in [6.07, 6.45) is 7.21. The summed E-state index contributed by atoms with van der Waals surface area (Å²) in [6, 6.07) is 81.7. The van der Waals surface area contributed by atoms with Gasteiger partial charge in [-0.1, -0.05) is 171 Å². The maximum Gasteiger partial charge on any atom is 0.227 e. The first kappa shape index (κ1) is 47.6. The summed E-state index contributed by atoms with van der Waals surface area (Å²) < 4.78 is 23.3. The Balaban J connectivity index is 0.000000103. The molecule has 0 amide bonds. The van der Waals surface area contributed by atoms with Gasteiger partial charge in [0.15, 0.2) is 11.2 Å². The summed E-state index contributed by atoms with van der Waals surface area (Å²) in [7, 11) is 0. The lowest BCUT2D eigenvalue weighted by Gasteiger charge is -2.00. The third-order valence-electron chi connectivity index (χ3n) is 13.4. The normalized spacial score (nSPS) is 11.0. The highest BCUT2D eigenvalue weighted by molar-refractivity contribution is 6.07. The Bertz CT molecular complexity index is 4050. The van der Waals surface area contributed by atoms with Crippen molar-refractivity contribution in [3.8, 4) is 44.6 Å². The Hall–Kier alpha value is -10.4. The zero-order chi connectivity index (χ0) is 50.6. The number of nitrogens with zero attached hydrogens (tertiary/aromatic N) is 4. The van der Waals surface area contributed by atoms with E-state index in [1.807, 2.05) is 146 Å². The molecule has 0 saturated carbocycles. The molecule has 0 aliphatic rings. The van der Waals surface area contributed by atoms with Crippen LogP contribution in [0.3, 0.4) is 0 Å². The second-order valence-electron chi connectivity index (χ2n) is 18.1. The minimum atomic E-state index is 0. The van der Waals surface area contributed by atoms with Crippen molar-refractivity contribution in [3.63, 3.8) is 0 Å². The SMILES string of the molecule is C.c1ccc(-c2ccc3c(c2)oc2cnccc23)cc1.c1ccc(-c2ccc3c(c2)oc2ncccc23)cc1.c1ccc(-c2ccc3c(n2)oc2ccccc23)cc1.c1ccc(-c2cnc3c(c2)oc2ccccc23)cc1. The van der Waals surface area contributed by atoms with Crippen LogP contribution in [0.15, 0.2) is 285 Å². The Morgan fingerprint density at radius 1 is 0.260 bits per heavy atom. The van der Waals surface area contributed by atoms with Gasteiger partial charge in [-0.2, -0.15) is 0 Å². The molecule has 8 heteroatoms. The van der Waals surface area contributed by atoms with Gasteiger partial charge < -0.3 is 17.7 Å². The molecule has 8 heterocycles. The van der Waals surface area contributed by atoms with E-state index in [0.717, 1.165) is 105 Å². The van der Waals surface area contributed by atoms with E-state index in [-0.39, 0.29) is 7.43 Å². The second-order valence-corrected chi connectivity index (χ2v) is 18.1. The van der Waals surface area contributed by atoms with E-state index < -0.39 is 0 Å². The van der Waals surface area contributed by atoms with Crippen molar-refractivity contribution in [2.45, 2.75) is 7.43 Å². The average molecular weight is 997 g/mol. The Morgan fingerprint density at radius 2 is 0.727 bits per heavy atom. The molecule has 0 aliphatic carbocycles. The van der Waals surface area contributed by atoms with Crippen molar-refractivity contribution < 1.29 is 17.7 Å². The Kier molecular flexibility index (Phi) is 13.1. The quantitative estimate of drug-likeness (QED) is 0.172. The van der Waals surface area contributed by atoms with Crippen molar-refractivity contribution in [1.82, 2.24) is 19.9 Å². The Morgan fingerprint density at radius 3 is 1.40 bits per heavy atom. The van der Waals surface area contributed by atoms with E-state index in [1.54, 1.807) is 18.6 Å². The summed E-state index contributed by atoms with van der Waals surface area (Å²) in [5.41, 5.74) is 16.5. The fourth-order valence-corrected chi connectivity index (χ4v) is 9.62. The summed E-state index contributed by atoms with van der Waals surface area (Å²) >= 11 is 0. The number of para-hydroxylation sites is 2. The van der Waals surface area contributed by atoms with Crippen LogP contribution in [0.25, 0.3) is 133 Å². The zero-order valence-corrected chi connectivity index (χ0v) is 40.8. The number of pyridine rings is 4. The molecule has 8 nitrogen and oxygen atoms in total. The molecule has 0 radical (unpaired) electrons. The maximum absolute atomic E-state index is 5.85. The van der Waals surface area contributed by atoms with Crippen LogP contribution in [0.2, 0.25) is 0 Å². The van der Waals surface area contributed by atoms with Gasteiger partial charge in [-0.25, -0.2) is 9.97 Å². The standard InChI is InChI=1S/4C17H11NO.CH4/c1-2-6-12(7-3-1)13-10-16-17(18-11-13)14-8-4-5-9-15(14)19-16;1-2-6-12(7-3-1)15-11-10-14-13-8-4-5-9-16(13)19-17(14)18-15;1-2-5-12(6-3-1)13-8-9-14-15-7-4-10-18-17(15)19-16(14)11-13;1-2-4-12(5-3-1)13-6-7-14-15-8-9-18-11-17(15)19-16(14)10-13;/h4*1-11H;1H4. The number of hydrogen-bond donors (Lipinski definition) is 0. The van der Waals surface area contributed by atoms with Crippen LogP contribution in [0.1, 0.15) is 7.43 Å². The molecule has 0 spiro atoms. The molecule has 0 fully saturated rings. The van der Waals surface area contributed by atoms with Crippen molar-refractivity contribution in [2.24, 2.45) is 0 Å². The number of aromatic nitrogens is 4. The molecule has 0 atom stereocenters. The number of hydrogen-bond acceptors (Lipinski definition) is 8. The van der Waals surface area contributed by atoms with Gasteiger partial charge in [-0.15, -0.1) is 0 Å². The van der Waals surface area contributed by atoms with Gasteiger partial charge in [0.1, 0.15) is 27.8 Å². The smallest absolute Gasteiger partial charge is 0.227 e. The summed E-state index contributed by atoms with van der Waals surface area (Å²) in [6.45, 7) is 0. The van der Waals surface area contributed by atoms with Crippen LogP contribution >= 0.6 is 0 Å². The lowest BCUT2D eigenvalue weighted by molar-refractivity contribution is 0.654. The predicted octanol–water partition coefficient (Wildman–Crippen LogP) is 19.2. The number of fused-ring (bicyclic) bond motifs is 12. The van der Waals surface area contributed by atoms with Crippen molar-refractivity contribution in [2.75, 3.05) is 0 Å². The molecule has 0 N–H and O–H groups in total. The van der Waals surface area contributed by atoms with Crippen LogP contribution in [0.4, 0.5) is 0 Å². The van der Waals surface area contributed by atoms with Crippen LogP contribution in [-0.4, -0.2) is 19.9 Å². The van der Waals surface area contributed by atoms with Crippen molar-refractivity contribution >= 4 is 88.1 Å². The molecule has 16 rings (SSSR count). The first-order valence-corrected chi connectivity index (χ1v) is 25.0. The molecule has 0 aliphatic heterocycles. The number of rotatable bonds is 4. The highest BCUT2D eigenvalue weighted by atomic mass is 16.3. The van der Waals surface area contributed by atoms with E-state index in [9.17, 15) is 0 Å². The van der Waals surface area contributed by atoms with Gasteiger partial charge in [0.05, 0.1) is 11.9 Å². The van der Waals surface area contributed by atoms with Gasteiger partial charge in [0.25, 0.3) is 0 Å². The summed E-state index contributed by atoms with van der Waals surface area (Å²) in [5, 5.41) is 7.68. The topological polar surface area (TPSA) is 104 Å². The van der Waals surface area contributed by atoms with E-state index in [0.29, 0.717) is 11.4 Å². The van der Waals surface area contributed by atoms with Gasteiger partial charge in [-0.05, 0) is 107 Å². The third-order valence-corrected chi connectivity index (χ3v) is 13.4. The molecule has 0 unspecified atom stereocenters. The van der Waals surface area contributed by atoms with E-state index in [4.69, 9.17) is 17.7 Å². The van der Waals surface area contributed by atoms with Crippen molar-refractivity contribution in [1.29, 1.82) is 0 Å². The molecule has 8 aromatic carbocycles. The highest BCUT2D eigenvalue weighted by Crippen LogP contribution is 2.35. The van der Waals surface area contributed by atoms with Crippen molar-refractivity contribution in [3.05, 3.63) is 267 Å². The van der Waals surface area contributed by atoms with Crippen LogP contribution in [0, 0.1) is 0 Å². The fraction of sp³-hybridized carbons (Fsp3) is 0.0145. The molecule has 77 heavy (non-hydrogen) atoms. The van der Waals surface area contributed by atoms with E-state index >= 15 is 0 Å². The van der Waals surface area contributed by atoms with Gasteiger partial charge in [-0.3, -0.25) is 9.97 Å². The summed E-state index contributed by atoms with van der Waals surface area (Å²) in [5.74, 6) is 0. The predicted molar refractivity (Wildman–Crippen MR) is 315 cm³/mol. The largest absolute Gasteiger partial charge is 0.454 e. The molecular weight excluding hydrogens is 949 g/mol. The molecule has 368 valence electrons.